The highest BCUT2D eigenvalue weighted by Crippen LogP contribution is 2.41. The zero-order valence-electron chi connectivity index (χ0n) is 19.7. The van der Waals surface area contributed by atoms with Crippen LogP contribution in [-0.2, 0) is 15.3 Å². The summed E-state index contributed by atoms with van der Waals surface area (Å²) in [4.78, 5) is 30.8. The number of benzene rings is 1. The van der Waals surface area contributed by atoms with E-state index in [4.69, 9.17) is 11.6 Å². The Balaban J connectivity index is 1.32. The number of carbonyl (C=O) groups is 2. The van der Waals surface area contributed by atoms with E-state index in [1.54, 1.807) is 11.8 Å². The van der Waals surface area contributed by atoms with Gasteiger partial charge in [0.1, 0.15) is 0 Å². The smallest absolute Gasteiger partial charge is 0.230 e. The Kier molecular flexibility index (Phi) is 7.25. The molecule has 2 amide bonds. The monoisotopic (exact) mass is 503 g/mol. The number of amides is 2. The first kappa shape index (κ1) is 23.8. The van der Waals surface area contributed by atoms with Gasteiger partial charge in [0.2, 0.25) is 11.8 Å². The van der Waals surface area contributed by atoms with Crippen molar-refractivity contribution in [2.24, 2.45) is 16.9 Å². The Hall–Kier alpha value is -1.93. The number of hydrogen-bond donors (Lipinski definition) is 2. The van der Waals surface area contributed by atoms with E-state index in [0.29, 0.717) is 19.0 Å². The highest BCUT2D eigenvalue weighted by atomic mass is 35.5. The first-order valence-electron chi connectivity index (χ1n) is 12.6. The number of nitrogens with zero attached hydrogens (tertiary/aromatic N) is 3. The minimum absolute atomic E-state index is 0.00912. The zero-order valence-corrected chi connectivity index (χ0v) is 21.3. The van der Waals surface area contributed by atoms with Crippen LogP contribution in [-0.4, -0.2) is 51.7 Å². The van der Waals surface area contributed by atoms with Crippen molar-refractivity contribution >= 4 is 40.3 Å². The van der Waals surface area contributed by atoms with E-state index < -0.39 is 0 Å². The number of carbonyl (C=O) groups excluding carboxylic acids is 2. The normalized spacial score (nSPS) is 28.9. The molecule has 4 aliphatic rings. The number of amidine groups is 1. The molecule has 0 spiro atoms. The molecule has 1 aromatic carbocycles. The lowest BCUT2D eigenvalue weighted by Crippen LogP contribution is -2.68. The van der Waals surface area contributed by atoms with Gasteiger partial charge in [0.25, 0.3) is 0 Å². The lowest BCUT2D eigenvalue weighted by atomic mass is 9.75. The summed E-state index contributed by atoms with van der Waals surface area (Å²) in [5.41, 5.74) is 4.41. The maximum absolute atomic E-state index is 13.5. The standard InChI is InChI=1S/C25H34ClN5O2S/c1-2-13-30-23(33)20-12-9-17(22(32)27-19-5-3-4-6-19)14-21(20)31-24(30)28-29-25(31)34-15-16-7-10-18(26)11-8-16/h7-8,10-11,17,19-21,24,28H,2-6,9,12-15H2,1H3,(H,27,32). The Labute approximate surface area is 211 Å². The van der Waals surface area contributed by atoms with Gasteiger partial charge in [-0.15, -0.1) is 0 Å². The van der Waals surface area contributed by atoms with Crippen molar-refractivity contribution in [2.75, 3.05) is 6.54 Å². The van der Waals surface area contributed by atoms with Crippen LogP contribution >= 0.6 is 23.4 Å². The fraction of sp³-hybridized carbons (Fsp3) is 0.640. The Morgan fingerprint density at radius 2 is 1.97 bits per heavy atom. The number of hydrazone groups is 1. The molecule has 2 saturated carbocycles. The third kappa shape index (κ3) is 4.76. The predicted octanol–water partition coefficient (Wildman–Crippen LogP) is 4.13. The lowest BCUT2D eigenvalue weighted by Gasteiger charge is -2.51. The van der Waals surface area contributed by atoms with E-state index in [-0.39, 0.29) is 36.0 Å². The van der Waals surface area contributed by atoms with Crippen molar-refractivity contribution in [1.82, 2.24) is 20.5 Å². The fourth-order valence-corrected chi connectivity index (χ4v) is 7.01. The molecule has 3 fully saturated rings. The van der Waals surface area contributed by atoms with Gasteiger partial charge in [-0.1, -0.05) is 55.3 Å². The van der Waals surface area contributed by atoms with Crippen LogP contribution in [0.15, 0.2) is 29.4 Å². The zero-order chi connectivity index (χ0) is 23.7. The summed E-state index contributed by atoms with van der Waals surface area (Å²) in [6, 6.07) is 8.19. The van der Waals surface area contributed by atoms with Crippen LogP contribution in [0.4, 0.5) is 0 Å². The highest BCUT2D eigenvalue weighted by molar-refractivity contribution is 8.13. The number of nitrogens with one attached hydrogen (secondary N) is 2. The van der Waals surface area contributed by atoms with E-state index in [2.05, 4.69) is 27.7 Å². The predicted molar refractivity (Wildman–Crippen MR) is 136 cm³/mol. The average molecular weight is 504 g/mol. The molecule has 2 aliphatic carbocycles. The van der Waals surface area contributed by atoms with Crippen molar-refractivity contribution in [2.45, 2.75) is 82.4 Å². The summed E-state index contributed by atoms with van der Waals surface area (Å²) in [5.74, 6) is 1.01. The second kappa shape index (κ2) is 10.4. The number of thioether (sulfide) groups is 1. The van der Waals surface area contributed by atoms with E-state index in [0.717, 1.165) is 48.0 Å². The molecule has 0 bridgehead atoms. The molecule has 7 nitrogen and oxygen atoms in total. The molecule has 1 aromatic rings. The largest absolute Gasteiger partial charge is 0.353 e. The fourth-order valence-electron chi connectivity index (χ4n) is 5.89. The van der Waals surface area contributed by atoms with Crippen LogP contribution in [0.25, 0.3) is 0 Å². The number of hydrogen-bond acceptors (Lipinski definition) is 6. The summed E-state index contributed by atoms with van der Waals surface area (Å²) in [6.45, 7) is 2.80. The second-order valence-corrected chi connectivity index (χ2v) is 11.3. The number of fused-ring (bicyclic) bond motifs is 3. The third-order valence-corrected chi connectivity index (χ3v) is 8.94. The molecular weight excluding hydrogens is 470 g/mol. The first-order chi connectivity index (χ1) is 16.5. The summed E-state index contributed by atoms with van der Waals surface area (Å²) in [5, 5.41) is 9.58. The molecule has 0 radical (unpaired) electrons. The van der Waals surface area contributed by atoms with Gasteiger partial charge < -0.3 is 15.1 Å². The van der Waals surface area contributed by atoms with Crippen molar-refractivity contribution in [1.29, 1.82) is 0 Å². The molecule has 4 atom stereocenters. The van der Waals surface area contributed by atoms with Crippen molar-refractivity contribution in [3.05, 3.63) is 34.9 Å². The minimum atomic E-state index is -0.266. The molecule has 0 aromatic heterocycles. The first-order valence-corrected chi connectivity index (χ1v) is 14.0. The van der Waals surface area contributed by atoms with E-state index in [1.807, 2.05) is 29.2 Å². The van der Waals surface area contributed by atoms with Gasteiger partial charge in [-0.05, 0) is 56.2 Å². The van der Waals surface area contributed by atoms with Crippen molar-refractivity contribution < 1.29 is 9.59 Å². The molecule has 9 heteroatoms. The van der Waals surface area contributed by atoms with E-state index in [1.165, 1.54) is 18.4 Å². The van der Waals surface area contributed by atoms with Gasteiger partial charge >= 0.3 is 0 Å². The van der Waals surface area contributed by atoms with Gasteiger partial charge in [0.05, 0.1) is 5.92 Å². The molecule has 2 aliphatic heterocycles. The van der Waals surface area contributed by atoms with Gasteiger partial charge in [-0.3, -0.25) is 15.0 Å². The molecule has 1 saturated heterocycles. The average Bonchev–Trinajstić information content (AvgIpc) is 3.51. The Morgan fingerprint density at radius 3 is 2.71 bits per heavy atom. The Bertz CT molecular complexity index is 936. The maximum atomic E-state index is 13.5. The van der Waals surface area contributed by atoms with E-state index >= 15 is 0 Å². The van der Waals surface area contributed by atoms with Crippen LogP contribution in [0.3, 0.4) is 0 Å². The lowest BCUT2D eigenvalue weighted by molar-refractivity contribution is -0.157. The van der Waals surface area contributed by atoms with Crippen LogP contribution in [0.5, 0.6) is 0 Å². The molecule has 2 N–H and O–H groups in total. The quantitative estimate of drug-likeness (QED) is 0.610. The summed E-state index contributed by atoms with van der Waals surface area (Å²) >= 11 is 7.71. The second-order valence-electron chi connectivity index (χ2n) is 9.92. The van der Waals surface area contributed by atoms with Crippen molar-refractivity contribution in [3.63, 3.8) is 0 Å². The van der Waals surface area contributed by atoms with Gasteiger partial charge in [-0.25, -0.2) is 0 Å². The molecule has 5 rings (SSSR count). The highest BCUT2D eigenvalue weighted by Gasteiger charge is 2.52. The molecule has 184 valence electrons. The Morgan fingerprint density at radius 1 is 1.21 bits per heavy atom. The van der Waals surface area contributed by atoms with Crippen LogP contribution in [0, 0.1) is 11.8 Å². The molecule has 2 heterocycles. The van der Waals surface area contributed by atoms with Gasteiger partial charge in [0.15, 0.2) is 11.5 Å². The summed E-state index contributed by atoms with van der Waals surface area (Å²) < 4.78 is 0. The third-order valence-electron chi connectivity index (χ3n) is 7.65. The van der Waals surface area contributed by atoms with Crippen LogP contribution in [0.1, 0.15) is 63.9 Å². The van der Waals surface area contributed by atoms with Gasteiger partial charge in [0, 0.05) is 35.3 Å². The number of rotatable bonds is 6. The molecule has 34 heavy (non-hydrogen) atoms. The summed E-state index contributed by atoms with van der Waals surface area (Å²) in [6.07, 6.45) is 7.45. The topological polar surface area (TPSA) is 77.0 Å². The molecule has 4 unspecified atom stereocenters. The maximum Gasteiger partial charge on any atom is 0.230 e. The number of halogens is 1. The van der Waals surface area contributed by atoms with Gasteiger partial charge in [-0.2, -0.15) is 5.10 Å². The van der Waals surface area contributed by atoms with Crippen LogP contribution < -0.4 is 10.7 Å². The summed E-state index contributed by atoms with van der Waals surface area (Å²) in [7, 11) is 0. The minimum Gasteiger partial charge on any atom is -0.353 e. The van der Waals surface area contributed by atoms with Crippen LogP contribution in [0.2, 0.25) is 5.02 Å². The van der Waals surface area contributed by atoms with Crippen molar-refractivity contribution in [3.8, 4) is 0 Å². The SMILES string of the molecule is CCCN1C(=O)C2CCC(C(=O)NC3CCCC3)CC2N2C(SCc3ccc(Cl)cc3)=NNC12. The van der Waals surface area contributed by atoms with E-state index in [9.17, 15) is 9.59 Å². The molecular formula is C25H34ClN5O2S.